The number of piperidine rings is 1. The second kappa shape index (κ2) is 8.41. The van der Waals surface area contributed by atoms with Gasteiger partial charge in [-0.25, -0.2) is 4.79 Å². The van der Waals surface area contributed by atoms with Crippen molar-refractivity contribution in [2.45, 2.75) is 58.6 Å². The van der Waals surface area contributed by atoms with E-state index in [9.17, 15) is 9.59 Å². The Morgan fingerprint density at radius 3 is 2.52 bits per heavy atom. The van der Waals surface area contributed by atoms with Gasteiger partial charge in [-0.05, 0) is 65.0 Å². The Labute approximate surface area is 158 Å². The molecule has 1 aromatic rings. The molecule has 0 unspecified atom stereocenters. The maximum atomic E-state index is 12.2. The van der Waals surface area contributed by atoms with E-state index in [1.807, 2.05) is 27.7 Å². The van der Waals surface area contributed by atoms with E-state index in [0.717, 1.165) is 19.3 Å². The lowest BCUT2D eigenvalue weighted by Gasteiger charge is -2.34. The van der Waals surface area contributed by atoms with Crippen molar-refractivity contribution < 1.29 is 14.3 Å². The predicted octanol–water partition coefficient (Wildman–Crippen LogP) is 4.56. The first kappa shape index (κ1) is 20.0. The Morgan fingerprint density at radius 2 is 2.00 bits per heavy atom. The molecule has 0 bridgehead atoms. The molecular formula is C18H27ClN2O3S. The summed E-state index contributed by atoms with van der Waals surface area (Å²) in [6.45, 7) is 9.07. The lowest BCUT2D eigenvalue weighted by atomic mass is 9.91. The number of nitrogens with one attached hydrogen (secondary N) is 1. The van der Waals surface area contributed by atoms with Gasteiger partial charge in [0.05, 0.1) is 9.21 Å². The predicted molar refractivity (Wildman–Crippen MR) is 101 cm³/mol. The van der Waals surface area contributed by atoms with Gasteiger partial charge in [0, 0.05) is 19.1 Å². The Hall–Kier alpha value is -1.27. The van der Waals surface area contributed by atoms with Crippen LogP contribution in [0, 0.1) is 5.92 Å². The van der Waals surface area contributed by atoms with E-state index in [2.05, 4.69) is 5.32 Å². The summed E-state index contributed by atoms with van der Waals surface area (Å²) in [5.74, 6) is 0.427. The van der Waals surface area contributed by atoms with E-state index in [1.54, 1.807) is 17.0 Å². The van der Waals surface area contributed by atoms with E-state index < -0.39 is 5.60 Å². The second-order valence-corrected chi connectivity index (χ2v) is 9.34. The van der Waals surface area contributed by atoms with Crippen molar-refractivity contribution in [2.24, 2.45) is 5.92 Å². The van der Waals surface area contributed by atoms with E-state index in [-0.39, 0.29) is 18.0 Å². The maximum Gasteiger partial charge on any atom is 0.410 e. The van der Waals surface area contributed by atoms with Crippen LogP contribution in [0.15, 0.2) is 12.1 Å². The van der Waals surface area contributed by atoms with Crippen LogP contribution >= 0.6 is 22.9 Å². The Kier molecular flexibility index (Phi) is 6.74. The molecule has 2 heterocycles. The van der Waals surface area contributed by atoms with Crippen LogP contribution in [0.4, 0.5) is 4.79 Å². The Morgan fingerprint density at radius 1 is 1.36 bits per heavy atom. The summed E-state index contributed by atoms with van der Waals surface area (Å²) in [4.78, 5) is 26.7. The number of halogens is 1. The first-order valence-electron chi connectivity index (χ1n) is 8.68. The van der Waals surface area contributed by atoms with Crippen molar-refractivity contribution in [1.82, 2.24) is 10.2 Å². The number of carbonyl (C=O) groups is 2. The van der Waals surface area contributed by atoms with Crippen LogP contribution in [-0.4, -0.2) is 41.6 Å². The van der Waals surface area contributed by atoms with E-state index in [1.165, 1.54) is 11.3 Å². The number of amides is 2. The van der Waals surface area contributed by atoms with Gasteiger partial charge in [0.25, 0.3) is 5.91 Å². The molecule has 7 heteroatoms. The summed E-state index contributed by atoms with van der Waals surface area (Å²) in [5, 5.41) is 3.03. The molecule has 2 amide bonds. The summed E-state index contributed by atoms with van der Waals surface area (Å²) >= 11 is 7.16. The molecule has 1 aromatic heterocycles. The van der Waals surface area contributed by atoms with Crippen molar-refractivity contribution in [3.63, 3.8) is 0 Å². The first-order valence-corrected chi connectivity index (χ1v) is 9.87. The van der Waals surface area contributed by atoms with Gasteiger partial charge < -0.3 is 15.0 Å². The van der Waals surface area contributed by atoms with Crippen molar-refractivity contribution in [1.29, 1.82) is 0 Å². The molecule has 1 aliphatic rings. The number of thiophene rings is 1. The number of ether oxygens (including phenoxy) is 1. The smallest absolute Gasteiger partial charge is 0.410 e. The van der Waals surface area contributed by atoms with Crippen LogP contribution < -0.4 is 5.32 Å². The van der Waals surface area contributed by atoms with Gasteiger partial charge in [-0.1, -0.05) is 11.6 Å². The molecule has 0 saturated carbocycles. The van der Waals surface area contributed by atoms with Crippen LogP contribution in [0.2, 0.25) is 4.34 Å². The van der Waals surface area contributed by atoms with Gasteiger partial charge in [0.2, 0.25) is 0 Å². The zero-order valence-electron chi connectivity index (χ0n) is 15.3. The van der Waals surface area contributed by atoms with Gasteiger partial charge in [-0.15, -0.1) is 11.3 Å². The van der Waals surface area contributed by atoms with Crippen LogP contribution in [0.25, 0.3) is 0 Å². The van der Waals surface area contributed by atoms with Crippen molar-refractivity contribution in [3.8, 4) is 0 Å². The summed E-state index contributed by atoms with van der Waals surface area (Å²) in [6, 6.07) is 3.57. The third-order valence-electron chi connectivity index (χ3n) is 4.13. The highest BCUT2D eigenvalue weighted by atomic mass is 35.5. The second-order valence-electron chi connectivity index (χ2n) is 7.62. The van der Waals surface area contributed by atoms with E-state index in [4.69, 9.17) is 16.3 Å². The van der Waals surface area contributed by atoms with Crippen LogP contribution in [-0.2, 0) is 4.74 Å². The first-order chi connectivity index (χ1) is 11.6. The fraction of sp³-hybridized carbons (Fsp3) is 0.667. The molecule has 1 atom stereocenters. The molecule has 25 heavy (non-hydrogen) atoms. The summed E-state index contributed by atoms with van der Waals surface area (Å²) in [6.07, 6.45) is 2.54. The Bertz CT molecular complexity index is 604. The topological polar surface area (TPSA) is 58.6 Å². The van der Waals surface area contributed by atoms with Crippen LogP contribution in [0.3, 0.4) is 0 Å². The fourth-order valence-electron chi connectivity index (χ4n) is 2.97. The van der Waals surface area contributed by atoms with Crippen molar-refractivity contribution in [2.75, 3.05) is 13.1 Å². The van der Waals surface area contributed by atoms with E-state index in [0.29, 0.717) is 28.2 Å². The third kappa shape index (κ3) is 6.51. The number of nitrogens with zero attached hydrogens (tertiary/aromatic N) is 1. The Balaban J connectivity index is 1.74. The zero-order valence-corrected chi connectivity index (χ0v) is 16.9. The van der Waals surface area contributed by atoms with Crippen LogP contribution in [0.1, 0.15) is 56.6 Å². The minimum absolute atomic E-state index is 0.0735. The number of carbonyl (C=O) groups excluding carboxylic acids is 2. The van der Waals surface area contributed by atoms with Gasteiger partial charge in [-0.2, -0.15) is 0 Å². The molecule has 2 rings (SSSR count). The molecule has 0 radical (unpaired) electrons. The van der Waals surface area contributed by atoms with Gasteiger partial charge >= 0.3 is 6.09 Å². The molecule has 140 valence electrons. The average Bonchev–Trinajstić information content (AvgIpc) is 2.92. The normalized spacial score (nSPS) is 17.2. The van der Waals surface area contributed by atoms with Gasteiger partial charge in [-0.3, -0.25) is 4.79 Å². The summed E-state index contributed by atoms with van der Waals surface area (Å²) < 4.78 is 6.04. The molecule has 0 aromatic carbocycles. The lowest BCUT2D eigenvalue weighted by Crippen LogP contribution is -2.43. The minimum Gasteiger partial charge on any atom is -0.444 e. The molecule has 1 aliphatic heterocycles. The fourth-order valence-corrected chi connectivity index (χ4v) is 3.91. The summed E-state index contributed by atoms with van der Waals surface area (Å²) in [7, 11) is 0. The largest absolute Gasteiger partial charge is 0.444 e. The standard InChI is InChI=1S/C18H27ClN2O3S/c1-12(20-16(22)14-5-6-15(19)25-14)11-13-7-9-21(10-8-13)17(23)24-18(2,3)4/h5-6,12-13H,7-11H2,1-4H3,(H,20,22)/t12-/m1/s1. The number of hydrogen-bond acceptors (Lipinski definition) is 4. The average molecular weight is 387 g/mol. The summed E-state index contributed by atoms with van der Waals surface area (Å²) in [5.41, 5.74) is -0.461. The van der Waals surface area contributed by atoms with Crippen molar-refractivity contribution in [3.05, 3.63) is 21.3 Å². The molecule has 0 spiro atoms. The lowest BCUT2D eigenvalue weighted by molar-refractivity contribution is 0.0179. The van der Waals surface area contributed by atoms with Gasteiger partial charge in [0.1, 0.15) is 5.60 Å². The number of rotatable bonds is 4. The molecule has 1 fully saturated rings. The highest BCUT2D eigenvalue weighted by Gasteiger charge is 2.27. The monoisotopic (exact) mass is 386 g/mol. The molecule has 5 nitrogen and oxygen atoms in total. The molecule has 1 saturated heterocycles. The highest BCUT2D eigenvalue weighted by Crippen LogP contribution is 2.24. The quantitative estimate of drug-likeness (QED) is 0.825. The number of likely N-dealkylation sites (tertiary alicyclic amines) is 1. The third-order valence-corrected chi connectivity index (χ3v) is 5.36. The SMILES string of the molecule is C[C@H](CC1CCN(C(=O)OC(C)(C)C)CC1)NC(=O)c1ccc(Cl)s1. The number of hydrogen-bond donors (Lipinski definition) is 1. The van der Waals surface area contributed by atoms with Gasteiger partial charge in [0.15, 0.2) is 0 Å². The highest BCUT2D eigenvalue weighted by molar-refractivity contribution is 7.17. The van der Waals surface area contributed by atoms with E-state index >= 15 is 0 Å². The zero-order chi connectivity index (χ0) is 18.6. The molecule has 1 N–H and O–H groups in total. The molecular weight excluding hydrogens is 360 g/mol. The molecule has 0 aliphatic carbocycles. The minimum atomic E-state index is -0.461. The van der Waals surface area contributed by atoms with Crippen molar-refractivity contribution >= 4 is 34.9 Å². The maximum absolute atomic E-state index is 12.2. The van der Waals surface area contributed by atoms with Crippen LogP contribution in [0.5, 0.6) is 0 Å².